The van der Waals surface area contributed by atoms with E-state index < -0.39 is 0 Å². The number of nitrogens with two attached hydrogens (primary N) is 1. The Labute approximate surface area is 95.5 Å². The zero-order valence-corrected chi connectivity index (χ0v) is 9.47. The highest BCUT2D eigenvalue weighted by Gasteiger charge is 2.13. The lowest BCUT2D eigenvalue weighted by atomic mass is 10.1. The molecule has 1 aromatic rings. The fourth-order valence-corrected chi connectivity index (χ4v) is 1.81. The number of aromatic nitrogens is 2. The summed E-state index contributed by atoms with van der Waals surface area (Å²) in [5.74, 6) is 0.551. The van der Waals surface area contributed by atoms with E-state index in [0.29, 0.717) is 19.0 Å². The second kappa shape index (κ2) is 5.86. The lowest BCUT2D eigenvalue weighted by Crippen LogP contribution is -2.25. The third kappa shape index (κ3) is 3.50. The summed E-state index contributed by atoms with van der Waals surface area (Å²) in [5.41, 5.74) is 5.51. The van der Waals surface area contributed by atoms with E-state index in [1.165, 1.54) is 12.8 Å². The number of nitrogens with zero attached hydrogens (tertiary/aromatic N) is 2. The molecule has 0 amide bonds. The van der Waals surface area contributed by atoms with Gasteiger partial charge in [-0.25, -0.2) is 0 Å². The molecule has 1 unspecified atom stereocenters. The molecule has 0 radical (unpaired) electrons. The lowest BCUT2D eigenvalue weighted by Gasteiger charge is -2.22. The number of ether oxygens (including phenoxy) is 2. The first-order valence-electron chi connectivity index (χ1n) is 5.83. The molecule has 2 rings (SSSR count). The van der Waals surface area contributed by atoms with Crippen molar-refractivity contribution in [3.8, 4) is 0 Å². The maximum absolute atomic E-state index is 5.57. The van der Waals surface area contributed by atoms with E-state index in [1.807, 2.05) is 6.20 Å². The van der Waals surface area contributed by atoms with E-state index in [1.54, 1.807) is 10.7 Å². The van der Waals surface area contributed by atoms with Gasteiger partial charge in [-0.1, -0.05) is 0 Å². The Hall–Kier alpha value is -1.07. The van der Waals surface area contributed by atoms with Gasteiger partial charge < -0.3 is 15.2 Å². The normalized spacial score (nSPS) is 21.1. The van der Waals surface area contributed by atoms with Crippen LogP contribution in [0.4, 0.5) is 5.82 Å². The molecule has 2 heterocycles. The summed E-state index contributed by atoms with van der Waals surface area (Å²) in [5, 5.41) is 4.08. The zero-order chi connectivity index (χ0) is 11.2. The SMILES string of the molecule is Nc1ccn(CCOCC2CCCCO2)n1. The van der Waals surface area contributed by atoms with Crippen molar-refractivity contribution in [2.75, 3.05) is 25.6 Å². The van der Waals surface area contributed by atoms with Crippen LogP contribution < -0.4 is 5.73 Å². The van der Waals surface area contributed by atoms with E-state index in [0.717, 1.165) is 19.6 Å². The number of anilines is 1. The average Bonchev–Trinajstić information content (AvgIpc) is 2.72. The summed E-state index contributed by atoms with van der Waals surface area (Å²) in [6.45, 7) is 2.96. The van der Waals surface area contributed by atoms with Crippen LogP contribution in [0.3, 0.4) is 0 Å². The highest BCUT2D eigenvalue weighted by molar-refractivity contribution is 5.23. The second-order valence-electron chi connectivity index (χ2n) is 4.07. The van der Waals surface area contributed by atoms with Gasteiger partial charge in [-0.15, -0.1) is 0 Å². The second-order valence-corrected chi connectivity index (χ2v) is 4.07. The Morgan fingerprint density at radius 1 is 1.56 bits per heavy atom. The fraction of sp³-hybridized carbons (Fsp3) is 0.727. The summed E-state index contributed by atoms with van der Waals surface area (Å²) in [6, 6.07) is 1.78. The maximum Gasteiger partial charge on any atom is 0.145 e. The first kappa shape index (κ1) is 11.4. The first-order chi connectivity index (χ1) is 7.84. The smallest absolute Gasteiger partial charge is 0.145 e. The van der Waals surface area contributed by atoms with Crippen LogP contribution >= 0.6 is 0 Å². The van der Waals surface area contributed by atoms with Crippen LogP contribution in [0.2, 0.25) is 0 Å². The van der Waals surface area contributed by atoms with Crippen molar-refractivity contribution in [2.24, 2.45) is 0 Å². The molecule has 16 heavy (non-hydrogen) atoms. The van der Waals surface area contributed by atoms with Gasteiger partial charge in [0.15, 0.2) is 0 Å². The molecule has 0 aromatic carbocycles. The number of hydrogen-bond donors (Lipinski definition) is 1. The summed E-state index contributed by atoms with van der Waals surface area (Å²) < 4.78 is 12.9. The van der Waals surface area contributed by atoms with Crippen molar-refractivity contribution in [1.29, 1.82) is 0 Å². The van der Waals surface area contributed by atoms with Crippen molar-refractivity contribution in [3.05, 3.63) is 12.3 Å². The average molecular weight is 225 g/mol. The van der Waals surface area contributed by atoms with Crippen molar-refractivity contribution in [1.82, 2.24) is 9.78 Å². The van der Waals surface area contributed by atoms with Gasteiger partial charge in [-0.05, 0) is 25.3 Å². The van der Waals surface area contributed by atoms with Crippen LogP contribution in [-0.2, 0) is 16.0 Å². The predicted molar refractivity (Wildman–Crippen MR) is 61.0 cm³/mol. The Kier molecular flexibility index (Phi) is 4.18. The van der Waals surface area contributed by atoms with Crippen LogP contribution in [0.1, 0.15) is 19.3 Å². The van der Waals surface area contributed by atoms with Crippen molar-refractivity contribution in [2.45, 2.75) is 31.9 Å². The van der Waals surface area contributed by atoms with Gasteiger partial charge in [-0.3, -0.25) is 4.68 Å². The van der Waals surface area contributed by atoms with Crippen molar-refractivity contribution >= 4 is 5.82 Å². The minimum Gasteiger partial charge on any atom is -0.382 e. The van der Waals surface area contributed by atoms with Gasteiger partial charge in [0.2, 0.25) is 0 Å². The molecule has 5 heteroatoms. The third-order valence-corrected chi connectivity index (χ3v) is 2.70. The van der Waals surface area contributed by atoms with E-state index in [4.69, 9.17) is 15.2 Å². The van der Waals surface area contributed by atoms with E-state index in [2.05, 4.69) is 5.10 Å². The van der Waals surface area contributed by atoms with Crippen LogP contribution in [0.5, 0.6) is 0 Å². The molecule has 0 aliphatic carbocycles. The van der Waals surface area contributed by atoms with E-state index in [9.17, 15) is 0 Å². The molecule has 0 saturated carbocycles. The van der Waals surface area contributed by atoms with Gasteiger partial charge in [-0.2, -0.15) is 5.10 Å². The minimum atomic E-state index is 0.288. The first-order valence-corrected chi connectivity index (χ1v) is 5.83. The molecule has 2 N–H and O–H groups in total. The van der Waals surface area contributed by atoms with Crippen LogP contribution in [0.15, 0.2) is 12.3 Å². The Morgan fingerprint density at radius 3 is 3.19 bits per heavy atom. The molecule has 1 aliphatic heterocycles. The summed E-state index contributed by atoms with van der Waals surface area (Å²) in [4.78, 5) is 0. The minimum absolute atomic E-state index is 0.288. The van der Waals surface area contributed by atoms with Crippen LogP contribution in [0, 0.1) is 0 Å². The molecule has 90 valence electrons. The third-order valence-electron chi connectivity index (χ3n) is 2.70. The Balaban J connectivity index is 1.57. The molecule has 0 spiro atoms. The van der Waals surface area contributed by atoms with Crippen molar-refractivity contribution < 1.29 is 9.47 Å². The van der Waals surface area contributed by atoms with Gasteiger partial charge in [0.25, 0.3) is 0 Å². The Bertz CT molecular complexity index is 308. The fourth-order valence-electron chi connectivity index (χ4n) is 1.81. The zero-order valence-electron chi connectivity index (χ0n) is 9.47. The molecule has 1 fully saturated rings. The predicted octanol–water partition coefficient (Wildman–Crippen LogP) is 1.05. The monoisotopic (exact) mass is 225 g/mol. The highest BCUT2D eigenvalue weighted by atomic mass is 16.5. The molecular weight excluding hydrogens is 206 g/mol. The molecule has 1 atom stereocenters. The molecule has 5 nitrogen and oxygen atoms in total. The van der Waals surface area contributed by atoms with Gasteiger partial charge in [0.1, 0.15) is 5.82 Å². The summed E-state index contributed by atoms with van der Waals surface area (Å²) >= 11 is 0. The standard InChI is InChI=1S/C11H19N3O2/c12-11-4-5-14(13-11)6-8-15-9-10-3-1-2-7-16-10/h4-5,10H,1-3,6-9H2,(H2,12,13). The van der Waals surface area contributed by atoms with Crippen molar-refractivity contribution in [3.63, 3.8) is 0 Å². The molecule has 0 bridgehead atoms. The van der Waals surface area contributed by atoms with Gasteiger partial charge in [0, 0.05) is 12.8 Å². The number of hydrogen-bond acceptors (Lipinski definition) is 4. The topological polar surface area (TPSA) is 62.3 Å². The summed E-state index contributed by atoms with van der Waals surface area (Å²) in [7, 11) is 0. The number of rotatable bonds is 5. The van der Waals surface area contributed by atoms with Gasteiger partial charge in [0.05, 0.1) is 25.9 Å². The lowest BCUT2D eigenvalue weighted by molar-refractivity contribution is -0.0420. The van der Waals surface area contributed by atoms with E-state index in [-0.39, 0.29) is 6.10 Å². The molecular formula is C11H19N3O2. The molecule has 1 aromatic heterocycles. The Morgan fingerprint density at radius 2 is 2.50 bits per heavy atom. The quantitative estimate of drug-likeness (QED) is 0.761. The largest absolute Gasteiger partial charge is 0.382 e. The molecule has 1 aliphatic rings. The van der Waals surface area contributed by atoms with Crippen LogP contribution in [0.25, 0.3) is 0 Å². The number of nitrogen functional groups attached to an aromatic ring is 1. The van der Waals surface area contributed by atoms with E-state index >= 15 is 0 Å². The highest BCUT2D eigenvalue weighted by Crippen LogP contribution is 2.12. The van der Waals surface area contributed by atoms with Crippen LogP contribution in [-0.4, -0.2) is 35.7 Å². The molecule has 1 saturated heterocycles. The van der Waals surface area contributed by atoms with Gasteiger partial charge >= 0.3 is 0 Å². The summed E-state index contributed by atoms with van der Waals surface area (Å²) in [6.07, 6.45) is 5.70. The maximum atomic E-state index is 5.57.